The van der Waals surface area contributed by atoms with E-state index in [1.54, 1.807) is 0 Å². The average Bonchev–Trinajstić information content (AvgIpc) is 1.00. The van der Waals surface area contributed by atoms with Gasteiger partial charge in [0, 0.05) is 0 Å². The molecule has 0 aliphatic rings. The Morgan fingerprint density at radius 2 is 0.833 bits per heavy atom. The second-order valence-corrected chi connectivity index (χ2v) is 0. The van der Waals surface area contributed by atoms with Gasteiger partial charge in [0.2, 0.25) is 0 Å². The standard InChI is InChI=1S/C2H6.Al.2ClH.Mg.3H/c1-2;;;;;;;/h1-2H3;;2*1H;;;;/q;;;;+2;;;/p-2. The van der Waals surface area contributed by atoms with Gasteiger partial charge in [-0.25, -0.2) is 0 Å². The van der Waals surface area contributed by atoms with Crippen LogP contribution in [-0.4, -0.2) is 40.4 Å². The molecule has 0 N–H and O–H groups in total. The van der Waals surface area contributed by atoms with E-state index in [4.69, 9.17) is 0 Å². The molecule has 0 nitrogen and oxygen atoms in total. The van der Waals surface area contributed by atoms with Crippen molar-refractivity contribution >= 4 is 40.4 Å². The zero-order valence-electron chi connectivity index (χ0n) is 3.46. The molecule has 6 heavy (non-hydrogen) atoms. The van der Waals surface area contributed by atoms with Gasteiger partial charge >= 0.3 is 23.1 Å². The zero-order valence-corrected chi connectivity index (χ0v) is 6.39. The summed E-state index contributed by atoms with van der Waals surface area (Å²) in [6, 6.07) is 0. The molecular formula is C2H9AlCl2Mg. The van der Waals surface area contributed by atoms with Crippen LogP contribution in [0.2, 0.25) is 0 Å². The summed E-state index contributed by atoms with van der Waals surface area (Å²) in [5.41, 5.74) is 0. The van der Waals surface area contributed by atoms with E-state index in [1.165, 1.54) is 0 Å². The molecule has 0 bridgehead atoms. The molecule has 0 saturated carbocycles. The molecule has 0 rings (SSSR count). The second kappa shape index (κ2) is 67.4. The molecule has 0 saturated heterocycles. The van der Waals surface area contributed by atoms with Crippen LogP contribution in [0, 0.1) is 0 Å². The van der Waals surface area contributed by atoms with Crippen LogP contribution < -0.4 is 24.8 Å². The maximum absolute atomic E-state index is 2.00. The molecule has 36 valence electrons. The van der Waals surface area contributed by atoms with Gasteiger partial charge in [0.25, 0.3) is 0 Å². The third-order valence-corrected chi connectivity index (χ3v) is 0. The molecule has 0 aromatic heterocycles. The van der Waals surface area contributed by atoms with E-state index >= 15 is 0 Å². The summed E-state index contributed by atoms with van der Waals surface area (Å²) in [6.07, 6.45) is 0. The first kappa shape index (κ1) is 45.0. The Kier molecular flexibility index (Phi) is 505. The van der Waals surface area contributed by atoms with Crippen molar-refractivity contribution in [2.24, 2.45) is 0 Å². The molecule has 0 fully saturated rings. The largest absolute Gasteiger partial charge is 2.00 e. The summed E-state index contributed by atoms with van der Waals surface area (Å²) in [5, 5.41) is 0. The topological polar surface area (TPSA) is 0 Å². The molecule has 0 heterocycles. The molecule has 0 radical (unpaired) electrons. The molecule has 4 heteroatoms. The van der Waals surface area contributed by atoms with Crippen LogP contribution >= 0.6 is 0 Å². The molecule has 0 aliphatic heterocycles. The summed E-state index contributed by atoms with van der Waals surface area (Å²) in [4.78, 5) is 0. The van der Waals surface area contributed by atoms with E-state index in [0.29, 0.717) is 0 Å². The van der Waals surface area contributed by atoms with Gasteiger partial charge in [0.05, 0.1) is 0 Å². The maximum atomic E-state index is 2.00. The molecule has 0 aromatic rings. The number of hydrogen-bond donors (Lipinski definition) is 0. The van der Waals surface area contributed by atoms with Crippen LogP contribution in [0.1, 0.15) is 13.8 Å². The van der Waals surface area contributed by atoms with Crippen LogP contribution in [0.3, 0.4) is 0 Å². The molecular weight excluding hydrogens is 146 g/mol. The van der Waals surface area contributed by atoms with Crippen LogP contribution in [-0.2, 0) is 0 Å². The summed E-state index contributed by atoms with van der Waals surface area (Å²) < 4.78 is 0. The smallest absolute Gasteiger partial charge is 1.00 e. The summed E-state index contributed by atoms with van der Waals surface area (Å²) in [6.45, 7) is 4.00. The van der Waals surface area contributed by atoms with Gasteiger partial charge < -0.3 is 24.8 Å². The second-order valence-electron chi connectivity index (χ2n) is 0. The van der Waals surface area contributed by atoms with Crippen molar-refractivity contribution in [3.05, 3.63) is 0 Å². The molecule has 0 spiro atoms. The average molecular weight is 155 g/mol. The van der Waals surface area contributed by atoms with E-state index in [0.717, 1.165) is 0 Å². The van der Waals surface area contributed by atoms with Crippen molar-refractivity contribution < 1.29 is 24.8 Å². The van der Waals surface area contributed by atoms with E-state index in [2.05, 4.69) is 0 Å². The zero-order chi connectivity index (χ0) is 2.00. The third kappa shape index (κ3) is 39.6. The predicted octanol–water partition coefficient (Wildman–Crippen LogP) is -6.53. The first-order chi connectivity index (χ1) is 1.00. The van der Waals surface area contributed by atoms with Gasteiger partial charge in [0.1, 0.15) is 0 Å². The minimum Gasteiger partial charge on any atom is -1.00 e. The summed E-state index contributed by atoms with van der Waals surface area (Å²) in [7, 11) is 0. The van der Waals surface area contributed by atoms with E-state index in [1.807, 2.05) is 13.8 Å². The number of halogens is 2. The van der Waals surface area contributed by atoms with Crippen LogP contribution in [0.25, 0.3) is 0 Å². The third-order valence-electron chi connectivity index (χ3n) is 0. The monoisotopic (exact) mass is 154 g/mol. The molecule has 0 atom stereocenters. The SMILES string of the molecule is CC.[AlH3].[Cl-].[Cl-].[Mg+2]. The Morgan fingerprint density at radius 1 is 0.833 bits per heavy atom. The van der Waals surface area contributed by atoms with Gasteiger partial charge in [-0.3, -0.25) is 0 Å². The van der Waals surface area contributed by atoms with Crippen molar-refractivity contribution in [2.75, 3.05) is 0 Å². The van der Waals surface area contributed by atoms with E-state index < -0.39 is 0 Å². The Labute approximate surface area is 78.6 Å². The predicted molar refractivity (Wildman–Crippen MR) is 27.0 cm³/mol. The fourth-order valence-electron chi connectivity index (χ4n) is 0. The van der Waals surface area contributed by atoms with Crippen LogP contribution in [0.15, 0.2) is 0 Å². The van der Waals surface area contributed by atoms with Crippen molar-refractivity contribution in [1.29, 1.82) is 0 Å². The number of hydrogen-bond acceptors (Lipinski definition) is 0. The Hall–Kier alpha value is 1.88. The first-order valence-corrected chi connectivity index (χ1v) is 1.00. The van der Waals surface area contributed by atoms with Gasteiger partial charge in [-0.1, -0.05) is 13.8 Å². The van der Waals surface area contributed by atoms with Crippen LogP contribution in [0.4, 0.5) is 0 Å². The van der Waals surface area contributed by atoms with Crippen molar-refractivity contribution in [2.45, 2.75) is 13.8 Å². The molecule has 0 amide bonds. The van der Waals surface area contributed by atoms with E-state index in [9.17, 15) is 0 Å². The maximum Gasteiger partial charge on any atom is 2.00 e. The minimum absolute atomic E-state index is 0. The van der Waals surface area contributed by atoms with Gasteiger partial charge in [-0.05, 0) is 0 Å². The Morgan fingerprint density at radius 3 is 0.833 bits per heavy atom. The number of rotatable bonds is 0. The molecule has 0 unspecified atom stereocenters. The van der Waals surface area contributed by atoms with Crippen molar-refractivity contribution in [1.82, 2.24) is 0 Å². The van der Waals surface area contributed by atoms with Crippen LogP contribution in [0.5, 0.6) is 0 Å². The quantitative estimate of drug-likeness (QED) is 0.305. The van der Waals surface area contributed by atoms with E-state index in [-0.39, 0.29) is 65.2 Å². The first-order valence-electron chi connectivity index (χ1n) is 1.00. The van der Waals surface area contributed by atoms with Crippen molar-refractivity contribution in [3.8, 4) is 0 Å². The molecule has 0 aromatic carbocycles. The van der Waals surface area contributed by atoms with Crippen molar-refractivity contribution in [3.63, 3.8) is 0 Å². The fourth-order valence-corrected chi connectivity index (χ4v) is 0. The summed E-state index contributed by atoms with van der Waals surface area (Å²) >= 11 is 0. The molecule has 0 aliphatic carbocycles. The van der Waals surface area contributed by atoms with Gasteiger partial charge in [-0.2, -0.15) is 0 Å². The fraction of sp³-hybridized carbons (Fsp3) is 1.00. The Balaban J connectivity index is -0.000000000833. The minimum atomic E-state index is 0. The summed E-state index contributed by atoms with van der Waals surface area (Å²) in [5.74, 6) is 0. The van der Waals surface area contributed by atoms with Gasteiger partial charge in [0.15, 0.2) is 17.4 Å². The Bertz CT molecular complexity index is 11.5. The normalized spacial score (nSPS) is 1.00. The van der Waals surface area contributed by atoms with Gasteiger partial charge in [-0.15, -0.1) is 0 Å².